The molecule has 1 aromatic heterocycles. The fraction of sp³-hybridized carbons (Fsp3) is 0.304. The van der Waals surface area contributed by atoms with Crippen molar-refractivity contribution in [2.75, 3.05) is 18.0 Å². The summed E-state index contributed by atoms with van der Waals surface area (Å²) in [5.41, 5.74) is 3.71. The van der Waals surface area contributed by atoms with Gasteiger partial charge in [0.2, 0.25) is 0 Å². The number of aliphatic hydroxyl groups is 1. The highest BCUT2D eigenvalue weighted by Crippen LogP contribution is 2.31. The average molecular weight is 380 g/mol. The molecule has 2 aromatic carbocycles. The Morgan fingerprint density at radius 3 is 2.61 bits per heavy atom. The fourth-order valence-corrected chi connectivity index (χ4v) is 3.94. The summed E-state index contributed by atoms with van der Waals surface area (Å²) in [6.07, 6.45) is 4.42. The number of hydrogen-bond acceptors (Lipinski definition) is 3. The predicted molar refractivity (Wildman–Crippen MR) is 108 cm³/mol. The molecular weight excluding hydrogens is 355 g/mol. The summed E-state index contributed by atoms with van der Waals surface area (Å²) in [4.78, 5) is 2.19. The number of aromatic hydroxyl groups is 1. The summed E-state index contributed by atoms with van der Waals surface area (Å²) in [5.74, 6) is 0.143. The van der Waals surface area contributed by atoms with Crippen LogP contribution in [0.15, 0.2) is 60.9 Å². The van der Waals surface area contributed by atoms with E-state index in [0.717, 1.165) is 29.8 Å². The zero-order valence-electron chi connectivity index (χ0n) is 15.9. The van der Waals surface area contributed by atoms with E-state index in [4.69, 9.17) is 0 Å². The first kappa shape index (κ1) is 18.6. The molecule has 2 atom stereocenters. The van der Waals surface area contributed by atoms with E-state index >= 15 is 0 Å². The second kappa shape index (κ2) is 7.68. The number of nitrogens with zero attached hydrogens (tertiary/aromatic N) is 2. The molecule has 0 unspecified atom stereocenters. The Hall–Kier alpha value is -2.79. The van der Waals surface area contributed by atoms with E-state index in [1.807, 2.05) is 41.2 Å². The zero-order valence-corrected chi connectivity index (χ0v) is 15.9. The lowest BCUT2D eigenvalue weighted by Gasteiger charge is -2.37. The number of aryl methyl sites for hydroxylation is 1. The van der Waals surface area contributed by atoms with E-state index in [1.54, 1.807) is 31.2 Å². The molecule has 1 aliphatic rings. The van der Waals surface area contributed by atoms with E-state index in [-0.39, 0.29) is 17.5 Å². The van der Waals surface area contributed by atoms with Crippen LogP contribution in [-0.2, 0) is 6.54 Å². The first-order chi connectivity index (χ1) is 13.5. The summed E-state index contributed by atoms with van der Waals surface area (Å²) >= 11 is 0. The Morgan fingerprint density at radius 1 is 1.11 bits per heavy atom. The minimum Gasteiger partial charge on any atom is -0.508 e. The molecule has 4 rings (SSSR count). The summed E-state index contributed by atoms with van der Waals surface area (Å²) in [5, 5.41) is 20.1. The summed E-state index contributed by atoms with van der Waals surface area (Å²) in [6, 6.07) is 14.5. The fourth-order valence-electron chi connectivity index (χ4n) is 3.94. The Morgan fingerprint density at radius 2 is 1.89 bits per heavy atom. The number of hydrogen-bond donors (Lipinski definition) is 2. The van der Waals surface area contributed by atoms with Crippen molar-refractivity contribution in [2.24, 2.45) is 0 Å². The number of β-amino-alcohol motifs (C(OH)–C–C–N with tert-alkyl or cyclic N) is 1. The normalized spacial score (nSPS) is 19.8. The zero-order chi connectivity index (χ0) is 19.7. The number of aromatic nitrogens is 1. The Bertz CT molecular complexity index is 951. The van der Waals surface area contributed by atoms with Crippen molar-refractivity contribution in [2.45, 2.75) is 31.9 Å². The van der Waals surface area contributed by atoms with Crippen molar-refractivity contribution in [3.63, 3.8) is 0 Å². The van der Waals surface area contributed by atoms with Crippen LogP contribution >= 0.6 is 0 Å². The Kier molecular flexibility index (Phi) is 5.09. The van der Waals surface area contributed by atoms with Gasteiger partial charge in [-0.1, -0.05) is 24.3 Å². The SMILES string of the molecule is Cc1ccc(Cn2ccc(N3CC[C@H](c4ccc(O)cc4)[C@@H](O)C3)c2)cc1F. The Balaban J connectivity index is 1.42. The van der Waals surface area contributed by atoms with Gasteiger partial charge in [0.25, 0.3) is 0 Å². The van der Waals surface area contributed by atoms with Crippen LogP contribution < -0.4 is 4.90 Å². The van der Waals surface area contributed by atoms with Gasteiger partial charge >= 0.3 is 0 Å². The number of anilines is 1. The van der Waals surface area contributed by atoms with Gasteiger partial charge < -0.3 is 19.7 Å². The first-order valence-corrected chi connectivity index (χ1v) is 9.62. The lowest BCUT2D eigenvalue weighted by atomic mass is 9.87. The van der Waals surface area contributed by atoms with Gasteiger partial charge in [-0.25, -0.2) is 4.39 Å². The standard InChI is InChI=1S/C23H25FN2O2/c1-16-2-3-17(12-22(16)24)13-25-10-8-19(14-25)26-11-9-21(23(28)15-26)18-4-6-20(27)7-5-18/h2-8,10,12,14,21,23,27-28H,9,11,13,15H2,1H3/t21-,23+/m1/s1. The van der Waals surface area contributed by atoms with Crippen LogP contribution in [0, 0.1) is 12.7 Å². The van der Waals surface area contributed by atoms with Gasteiger partial charge in [0, 0.05) is 37.9 Å². The highest BCUT2D eigenvalue weighted by Gasteiger charge is 2.29. The number of halogens is 1. The highest BCUT2D eigenvalue weighted by molar-refractivity contribution is 5.46. The quantitative estimate of drug-likeness (QED) is 0.718. The molecule has 0 radical (unpaired) electrons. The molecule has 4 nitrogen and oxygen atoms in total. The minimum absolute atomic E-state index is 0.0782. The van der Waals surface area contributed by atoms with Crippen LogP contribution in [0.3, 0.4) is 0 Å². The van der Waals surface area contributed by atoms with Crippen molar-refractivity contribution in [1.82, 2.24) is 4.57 Å². The second-order valence-corrected chi connectivity index (χ2v) is 7.63. The second-order valence-electron chi connectivity index (χ2n) is 7.63. The maximum atomic E-state index is 13.8. The third kappa shape index (κ3) is 3.90. The molecule has 146 valence electrons. The monoisotopic (exact) mass is 380 g/mol. The van der Waals surface area contributed by atoms with E-state index in [1.165, 1.54) is 0 Å². The molecule has 2 N–H and O–H groups in total. The highest BCUT2D eigenvalue weighted by atomic mass is 19.1. The molecule has 28 heavy (non-hydrogen) atoms. The van der Waals surface area contributed by atoms with Crippen LogP contribution in [0.2, 0.25) is 0 Å². The van der Waals surface area contributed by atoms with Crippen LogP contribution in [-0.4, -0.2) is 34.0 Å². The molecular formula is C23H25FN2O2. The largest absolute Gasteiger partial charge is 0.508 e. The maximum Gasteiger partial charge on any atom is 0.126 e. The number of phenolic OH excluding ortho intramolecular Hbond substituents is 1. The van der Waals surface area contributed by atoms with Gasteiger partial charge in [-0.15, -0.1) is 0 Å². The van der Waals surface area contributed by atoms with Gasteiger partial charge in [0.1, 0.15) is 11.6 Å². The summed E-state index contributed by atoms with van der Waals surface area (Å²) in [6.45, 7) is 3.80. The number of piperidine rings is 1. The average Bonchev–Trinajstić information content (AvgIpc) is 3.14. The van der Waals surface area contributed by atoms with Crippen LogP contribution in [0.1, 0.15) is 29.0 Å². The number of aliphatic hydroxyl groups excluding tert-OH is 1. The van der Waals surface area contributed by atoms with Crippen molar-refractivity contribution in [3.05, 3.63) is 83.4 Å². The van der Waals surface area contributed by atoms with Crippen LogP contribution in [0.4, 0.5) is 10.1 Å². The van der Waals surface area contributed by atoms with Crippen molar-refractivity contribution < 1.29 is 14.6 Å². The smallest absolute Gasteiger partial charge is 0.126 e. The lowest BCUT2D eigenvalue weighted by Crippen LogP contribution is -2.42. The third-order valence-electron chi connectivity index (χ3n) is 5.60. The molecule has 0 saturated carbocycles. The molecule has 0 aliphatic carbocycles. The van der Waals surface area contributed by atoms with Gasteiger partial charge in [-0.2, -0.15) is 0 Å². The molecule has 1 fully saturated rings. The number of phenols is 1. The predicted octanol–water partition coefficient (Wildman–Crippen LogP) is 4.04. The lowest BCUT2D eigenvalue weighted by molar-refractivity contribution is 0.130. The van der Waals surface area contributed by atoms with Crippen LogP contribution in [0.25, 0.3) is 0 Å². The molecule has 0 bridgehead atoms. The maximum absolute atomic E-state index is 13.8. The third-order valence-corrected chi connectivity index (χ3v) is 5.60. The van der Waals surface area contributed by atoms with Crippen molar-refractivity contribution in [1.29, 1.82) is 0 Å². The van der Waals surface area contributed by atoms with Gasteiger partial charge in [0.15, 0.2) is 0 Å². The van der Waals surface area contributed by atoms with E-state index in [9.17, 15) is 14.6 Å². The molecule has 2 heterocycles. The van der Waals surface area contributed by atoms with E-state index in [0.29, 0.717) is 18.7 Å². The molecule has 0 amide bonds. The summed E-state index contributed by atoms with van der Waals surface area (Å²) in [7, 11) is 0. The van der Waals surface area contributed by atoms with Gasteiger partial charge in [0.05, 0.1) is 11.8 Å². The molecule has 3 aromatic rings. The molecule has 1 aliphatic heterocycles. The number of rotatable bonds is 4. The number of benzene rings is 2. The van der Waals surface area contributed by atoms with Gasteiger partial charge in [-0.05, 0) is 54.3 Å². The van der Waals surface area contributed by atoms with Crippen molar-refractivity contribution in [3.8, 4) is 5.75 Å². The Labute approximate surface area is 164 Å². The molecule has 5 heteroatoms. The van der Waals surface area contributed by atoms with Gasteiger partial charge in [-0.3, -0.25) is 0 Å². The van der Waals surface area contributed by atoms with E-state index < -0.39 is 6.10 Å². The van der Waals surface area contributed by atoms with Crippen molar-refractivity contribution >= 4 is 5.69 Å². The summed E-state index contributed by atoms with van der Waals surface area (Å²) < 4.78 is 15.8. The molecule has 1 saturated heterocycles. The topological polar surface area (TPSA) is 48.6 Å². The van der Waals surface area contributed by atoms with Crippen LogP contribution in [0.5, 0.6) is 5.75 Å². The molecule has 0 spiro atoms. The van der Waals surface area contributed by atoms with E-state index in [2.05, 4.69) is 4.90 Å². The first-order valence-electron chi connectivity index (χ1n) is 9.62. The minimum atomic E-state index is -0.465.